The normalized spacial score (nSPS) is 10.0. The predicted octanol–water partition coefficient (Wildman–Crippen LogP) is 2.73. The molecule has 0 aromatic heterocycles. The predicted molar refractivity (Wildman–Crippen MR) is 61.7 cm³/mol. The Hall–Kier alpha value is -1.73. The Kier molecular flexibility index (Phi) is 4.80. The van der Waals surface area contributed by atoms with Crippen LogP contribution in [0.15, 0.2) is 18.7 Å². The van der Waals surface area contributed by atoms with Crippen LogP contribution in [0.3, 0.4) is 0 Å². The molecule has 0 atom stereocenters. The lowest BCUT2D eigenvalue weighted by molar-refractivity contribution is 0.538. The molecule has 0 radical (unpaired) electrons. The van der Waals surface area contributed by atoms with Gasteiger partial charge >= 0.3 is 0 Å². The molecule has 0 aliphatic heterocycles. The Labute approximate surface area is 98.3 Å². The lowest BCUT2D eigenvalue weighted by atomic mass is 10.1. The lowest BCUT2D eigenvalue weighted by Gasteiger charge is -2.09. The van der Waals surface area contributed by atoms with E-state index in [0.717, 1.165) is 0 Å². The third kappa shape index (κ3) is 3.65. The van der Waals surface area contributed by atoms with E-state index in [-0.39, 0.29) is 17.7 Å². The molecular weight excluding hydrogens is 227 g/mol. The molecule has 1 nitrogen and oxygen atoms in total. The fourth-order valence-corrected chi connectivity index (χ4v) is 1.37. The Morgan fingerprint density at radius 3 is 2.41 bits per heavy atom. The van der Waals surface area contributed by atoms with Crippen LogP contribution >= 0.6 is 0 Å². The van der Waals surface area contributed by atoms with Gasteiger partial charge in [-0.2, -0.15) is 0 Å². The molecule has 1 N–H and O–H groups in total. The van der Waals surface area contributed by atoms with Gasteiger partial charge in [0.05, 0.1) is 5.56 Å². The molecular formula is C13H12F3N. The van der Waals surface area contributed by atoms with Crippen LogP contribution in [0.4, 0.5) is 13.2 Å². The summed E-state index contributed by atoms with van der Waals surface area (Å²) in [6.07, 6.45) is 5.56. The Morgan fingerprint density at radius 1 is 1.29 bits per heavy atom. The molecule has 4 heteroatoms. The highest BCUT2D eigenvalue weighted by molar-refractivity contribution is 5.65. The first kappa shape index (κ1) is 13.3. The molecule has 0 aliphatic rings. The molecule has 1 rings (SSSR count). The van der Waals surface area contributed by atoms with E-state index in [0.29, 0.717) is 25.1 Å². The highest BCUT2D eigenvalue weighted by Gasteiger charge is 2.13. The lowest BCUT2D eigenvalue weighted by Crippen LogP contribution is -2.18. The molecule has 0 amide bonds. The fraction of sp³-hybridized carbons (Fsp3) is 0.231. The minimum Gasteiger partial charge on any atom is -0.312 e. The van der Waals surface area contributed by atoms with Crippen LogP contribution < -0.4 is 5.32 Å². The molecule has 0 fully saturated rings. The van der Waals surface area contributed by atoms with Crippen molar-refractivity contribution in [2.75, 3.05) is 13.1 Å². The average molecular weight is 239 g/mol. The summed E-state index contributed by atoms with van der Waals surface area (Å²) in [6.45, 7) is 4.28. The van der Waals surface area contributed by atoms with E-state index < -0.39 is 17.5 Å². The maximum Gasteiger partial charge on any atom is 0.136 e. The summed E-state index contributed by atoms with van der Waals surface area (Å²) in [6, 6.07) is 1.26. The van der Waals surface area contributed by atoms with E-state index in [9.17, 15) is 13.2 Å². The highest BCUT2D eigenvalue weighted by Crippen LogP contribution is 2.21. The standard InChI is InChI=1S/C13H12F3N/c1-3-4-5-17-8-9(2)13-11(15)6-10(14)7-12(13)16/h1,6-7,17H,2,4-5,8H2. The quantitative estimate of drug-likeness (QED) is 0.615. The first-order chi connectivity index (χ1) is 8.06. The summed E-state index contributed by atoms with van der Waals surface area (Å²) < 4.78 is 39.3. The molecule has 0 unspecified atom stereocenters. The van der Waals surface area contributed by atoms with E-state index in [1.54, 1.807) is 0 Å². The Morgan fingerprint density at radius 2 is 1.88 bits per heavy atom. The summed E-state index contributed by atoms with van der Waals surface area (Å²) in [5.74, 6) is -0.431. The van der Waals surface area contributed by atoms with Gasteiger partial charge in [-0.15, -0.1) is 12.3 Å². The number of hydrogen-bond donors (Lipinski definition) is 1. The van der Waals surface area contributed by atoms with Gasteiger partial charge in [0.2, 0.25) is 0 Å². The number of nitrogens with one attached hydrogen (secondary N) is 1. The van der Waals surface area contributed by atoms with Crippen LogP contribution in [0.1, 0.15) is 12.0 Å². The fourth-order valence-electron chi connectivity index (χ4n) is 1.37. The Bertz CT molecular complexity index is 437. The maximum atomic E-state index is 13.3. The summed E-state index contributed by atoms with van der Waals surface area (Å²) in [5.41, 5.74) is -0.0726. The molecule has 1 aromatic rings. The van der Waals surface area contributed by atoms with Crippen LogP contribution in [0.25, 0.3) is 5.57 Å². The van der Waals surface area contributed by atoms with Crippen molar-refractivity contribution in [2.45, 2.75) is 6.42 Å². The second-order valence-electron chi connectivity index (χ2n) is 3.48. The Balaban J connectivity index is 2.73. The summed E-state index contributed by atoms with van der Waals surface area (Å²) in [7, 11) is 0. The van der Waals surface area contributed by atoms with E-state index >= 15 is 0 Å². The van der Waals surface area contributed by atoms with Crippen molar-refractivity contribution in [1.29, 1.82) is 0 Å². The van der Waals surface area contributed by atoms with Gasteiger partial charge < -0.3 is 5.32 Å². The van der Waals surface area contributed by atoms with Gasteiger partial charge in [0.1, 0.15) is 17.5 Å². The minimum atomic E-state index is -0.953. The monoisotopic (exact) mass is 239 g/mol. The van der Waals surface area contributed by atoms with Gasteiger partial charge in [-0.05, 0) is 5.57 Å². The third-order valence-electron chi connectivity index (χ3n) is 2.14. The molecule has 0 aliphatic carbocycles. The minimum absolute atomic E-state index is 0.196. The topological polar surface area (TPSA) is 12.0 Å². The van der Waals surface area contributed by atoms with Crippen LogP contribution in [-0.4, -0.2) is 13.1 Å². The zero-order valence-electron chi connectivity index (χ0n) is 9.19. The molecule has 90 valence electrons. The van der Waals surface area contributed by atoms with E-state index in [1.165, 1.54) is 0 Å². The SMILES string of the molecule is C#CCCNCC(=C)c1c(F)cc(F)cc1F. The van der Waals surface area contributed by atoms with Gasteiger partial charge in [0.25, 0.3) is 0 Å². The van der Waals surface area contributed by atoms with Crippen LogP contribution in [-0.2, 0) is 0 Å². The van der Waals surface area contributed by atoms with Crippen molar-refractivity contribution in [3.63, 3.8) is 0 Å². The zero-order chi connectivity index (χ0) is 12.8. The van der Waals surface area contributed by atoms with E-state index in [4.69, 9.17) is 6.42 Å². The van der Waals surface area contributed by atoms with Crippen LogP contribution in [0.5, 0.6) is 0 Å². The molecule has 0 bridgehead atoms. The van der Waals surface area contributed by atoms with Crippen LogP contribution in [0.2, 0.25) is 0 Å². The van der Waals surface area contributed by atoms with E-state index in [1.807, 2.05) is 0 Å². The van der Waals surface area contributed by atoms with Crippen molar-refractivity contribution in [1.82, 2.24) is 5.32 Å². The van der Waals surface area contributed by atoms with Crippen molar-refractivity contribution in [3.05, 3.63) is 41.7 Å². The molecule has 0 saturated carbocycles. The number of benzene rings is 1. The first-order valence-corrected chi connectivity index (χ1v) is 5.03. The van der Waals surface area contributed by atoms with Gasteiger partial charge in [0, 0.05) is 31.6 Å². The number of rotatable bonds is 5. The summed E-state index contributed by atoms with van der Waals surface area (Å²) in [4.78, 5) is 0. The van der Waals surface area contributed by atoms with Crippen molar-refractivity contribution < 1.29 is 13.2 Å². The maximum absolute atomic E-state index is 13.3. The highest BCUT2D eigenvalue weighted by atomic mass is 19.1. The largest absolute Gasteiger partial charge is 0.312 e. The van der Waals surface area contributed by atoms with Crippen molar-refractivity contribution in [3.8, 4) is 12.3 Å². The number of hydrogen-bond acceptors (Lipinski definition) is 1. The second kappa shape index (κ2) is 6.12. The molecule has 0 heterocycles. The van der Waals surface area contributed by atoms with Gasteiger partial charge in [-0.1, -0.05) is 6.58 Å². The van der Waals surface area contributed by atoms with Gasteiger partial charge in [0.15, 0.2) is 0 Å². The van der Waals surface area contributed by atoms with Crippen molar-refractivity contribution >= 4 is 5.57 Å². The second-order valence-corrected chi connectivity index (χ2v) is 3.48. The summed E-state index contributed by atoms with van der Waals surface area (Å²) >= 11 is 0. The smallest absolute Gasteiger partial charge is 0.136 e. The average Bonchev–Trinajstić information content (AvgIpc) is 2.23. The van der Waals surface area contributed by atoms with E-state index in [2.05, 4.69) is 17.8 Å². The molecule has 17 heavy (non-hydrogen) atoms. The summed E-state index contributed by atoms with van der Waals surface area (Å²) in [5, 5.41) is 2.88. The number of halogens is 3. The van der Waals surface area contributed by atoms with Gasteiger partial charge in [-0.25, -0.2) is 13.2 Å². The molecule has 0 spiro atoms. The molecule has 1 aromatic carbocycles. The molecule has 0 saturated heterocycles. The van der Waals surface area contributed by atoms with Gasteiger partial charge in [-0.3, -0.25) is 0 Å². The van der Waals surface area contributed by atoms with Crippen LogP contribution in [0, 0.1) is 29.8 Å². The van der Waals surface area contributed by atoms with Crippen molar-refractivity contribution in [2.24, 2.45) is 0 Å². The third-order valence-corrected chi connectivity index (χ3v) is 2.14. The zero-order valence-corrected chi connectivity index (χ0v) is 9.19. The number of terminal acetylenes is 1. The first-order valence-electron chi connectivity index (χ1n) is 5.03.